The van der Waals surface area contributed by atoms with Gasteiger partial charge in [-0.3, -0.25) is 0 Å². The van der Waals surface area contributed by atoms with E-state index in [-0.39, 0.29) is 24.3 Å². The molecule has 2 N–H and O–H groups in total. The van der Waals surface area contributed by atoms with Gasteiger partial charge in [-0.2, -0.15) is 0 Å². The summed E-state index contributed by atoms with van der Waals surface area (Å²) in [6, 6.07) is 4.86. The van der Waals surface area contributed by atoms with E-state index in [4.69, 9.17) is 5.73 Å². The molecule has 2 atom stereocenters. The minimum absolute atomic E-state index is 0. The highest BCUT2D eigenvalue weighted by atomic mass is 127. The third-order valence-corrected chi connectivity index (χ3v) is 3.25. The Hall–Kier alpha value is 0.130. The summed E-state index contributed by atoms with van der Waals surface area (Å²) in [5.74, 6) is 0.112. The Kier molecular flexibility index (Phi) is 6.71. The maximum atomic E-state index is 13.4. The van der Waals surface area contributed by atoms with E-state index in [1.54, 1.807) is 6.07 Å². The van der Waals surface area contributed by atoms with Crippen LogP contribution in [0.2, 0.25) is 0 Å². The number of hydrogen-bond donors (Lipinski definition) is 1. The normalized spacial score (nSPS) is 14.2. The van der Waals surface area contributed by atoms with Gasteiger partial charge in [0, 0.05) is 15.2 Å². The fraction of sp³-hybridized carbons (Fsp3) is 0.455. The van der Waals surface area contributed by atoms with Gasteiger partial charge in [0.1, 0.15) is 5.82 Å². The molecule has 1 unspecified atom stereocenters. The first-order valence-electron chi connectivity index (χ1n) is 4.76. The third kappa shape index (κ3) is 3.89. The molecule has 0 aliphatic heterocycles. The molecule has 0 fully saturated rings. The highest BCUT2D eigenvalue weighted by molar-refractivity contribution is 14.1. The van der Waals surface area contributed by atoms with Crippen LogP contribution in [0.25, 0.3) is 0 Å². The molecule has 0 bridgehead atoms. The minimum atomic E-state index is -0.199. The zero-order valence-electron chi connectivity index (χ0n) is 8.84. The molecule has 0 spiro atoms. The number of nitrogens with two attached hydrogens (primary N) is 1. The molecule has 1 nitrogen and oxygen atoms in total. The maximum absolute atomic E-state index is 13.4. The molecule has 0 saturated heterocycles. The first-order valence-corrected chi connectivity index (χ1v) is 5.84. The predicted molar refractivity (Wildman–Crippen MR) is 72.7 cm³/mol. The molecule has 0 heterocycles. The monoisotopic (exact) mass is 343 g/mol. The zero-order chi connectivity index (χ0) is 10.7. The van der Waals surface area contributed by atoms with E-state index in [0.29, 0.717) is 11.5 Å². The van der Waals surface area contributed by atoms with Gasteiger partial charge in [0.15, 0.2) is 0 Å². The summed E-state index contributed by atoms with van der Waals surface area (Å²) < 4.78 is 14.5. The molecule has 1 aromatic rings. The van der Waals surface area contributed by atoms with Gasteiger partial charge in [0.05, 0.1) is 0 Å². The Morgan fingerprint density at radius 3 is 2.60 bits per heavy atom. The van der Waals surface area contributed by atoms with E-state index < -0.39 is 0 Å². The van der Waals surface area contributed by atoms with Crippen LogP contribution in [0, 0.1) is 15.3 Å². The largest absolute Gasteiger partial charge is 0.324 e. The third-order valence-electron chi connectivity index (χ3n) is 2.57. The Bertz CT molecular complexity index is 319. The fourth-order valence-electron chi connectivity index (χ4n) is 1.33. The van der Waals surface area contributed by atoms with Crippen molar-refractivity contribution < 1.29 is 4.39 Å². The molecule has 0 aliphatic rings. The lowest BCUT2D eigenvalue weighted by molar-refractivity contribution is 0.439. The molecular weight excluding hydrogens is 327 g/mol. The van der Waals surface area contributed by atoms with Crippen molar-refractivity contribution in [1.29, 1.82) is 0 Å². The lowest BCUT2D eigenvalue weighted by atomic mass is 9.93. The highest BCUT2D eigenvalue weighted by Gasteiger charge is 2.16. The molecule has 86 valence electrons. The molecular formula is C11H16ClFIN. The number of halogens is 3. The van der Waals surface area contributed by atoms with Crippen LogP contribution in [0.4, 0.5) is 4.39 Å². The SMILES string of the molecule is CCC(C)[C@H](N)c1cc(I)ccc1F.Cl. The smallest absolute Gasteiger partial charge is 0.128 e. The van der Waals surface area contributed by atoms with Gasteiger partial charge >= 0.3 is 0 Å². The highest BCUT2D eigenvalue weighted by Crippen LogP contribution is 2.25. The summed E-state index contributed by atoms with van der Waals surface area (Å²) in [5.41, 5.74) is 6.61. The van der Waals surface area contributed by atoms with Crippen molar-refractivity contribution in [2.24, 2.45) is 11.7 Å². The van der Waals surface area contributed by atoms with Crippen LogP contribution in [0.3, 0.4) is 0 Å². The molecule has 0 radical (unpaired) electrons. The van der Waals surface area contributed by atoms with Gasteiger partial charge in [-0.1, -0.05) is 20.3 Å². The first-order chi connectivity index (χ1) is 6.56. The van der Waals surface area contributed by atoms with Crippen LogP contribution in [-0.2, 0) is 0 Å². The Morgan fingerprint density at radius 2 is 2.07 bits per heavy atom. The van der Waals surface area contributed by atoms with Gasteiger partial charge in [-0.05, 0) is 46.7 Å². The summed E-state index contributed by atoms with van der Waals surface area (Å²) in [5, 5.41) is 0. The van der Waals surface area contributed by atoms with Crippen LogP contribution < -0.4 is 5.73 Å². The average Bonchev–Trinajstić information content (AvgIpc) is 2.19. The summed E-state index contributed by atoms with van der Waals surface area (Å²) in [4.78, 5) is 0. The van der Waals surface area contributed by atoms with E-state index in [1.165, 1.54) is 6.07 Å². The van der Waals surface area contributed by atoms with Crippen molar-refractivity contribution in [2.75, 3.05) is 0 Å². The van der Waals surface area contributed by atoms with E-state index in [9.17, 15) is 4.39 Å². The van der Waals surface area contributed by atoms with E-state index in [1.807, 2.05) is 13.0 Å². The Balaban J connectivity index is 0.00000196. The maximum Gasteiger partial charge on any atom is 0.128 e. The summed E-state index contributed by atoms with van der Waals surface area (Å²) in [6.07, 6.45) is 0.964. The standard InChI is InChI=1S/C11H15FIN.ClH/c1-3-7(2)11(14)9-6-8(13)4-5-10(9)12;/h4-7,11H,3,14H2,1-2H3;1H/t7?,11-;/m0./s1. The van der Waals surface area contributed by atoms with Crippen molar-refractivity contribution >= 4 is 35.0 Å². The van der Waals surface area contributed by atoms with Crippen LogP contribution in [0.15, 0.2) is 18.2 Å². The van der Waals surface area contributed by atoms with Crippen molar-refractivity contribution in [1.82, 2.24) is 0 Å². The fourth-order valence-corrected chi connectivity index (χ4v) is 1.85. The molecule has 4 heteroatoms. The number of benzene rings is 1. The topological polar surface area (TPSA) is 26.0 Å². The average molecular weight is 344 g/mol. The van der Waals surface area contributed by atoms with Crippen LogP contribution in [0.1, 0.15) is 31.9 Å². The van der Waals surface area contributed by atoms with E-state index in [2.05, 4.69) is 29.5 Å². The molecule has 1 aromatic carbocycles. The van der Waals surface area contributed by atoms with Gasteiger partial charge in [0.25, 0.3) is 0 Å². The number of rotatable bonds is 3. The van der Waals surface area contributed by atoms with Crippen LogP contribution in [0.5, 0.6) is 0 Å². The summed E-state index contributed by atoms with van der Waals surface area (Å²) in [6.45, 7) is 4.11. The minimum Gasteiger partial charge on any atom is -0.324 e. The number of hydrogen-bond acceptors (Lipinski definition) is 1. The van der Waals surface area contributed by atoms with Crippen LogP contribution >= 0.6 is 35.0 Å². The van der Waals surface area contributed by atoms with Crippen molar-refractivity contribution in [3.63, 3.8) is 0 Å². The molecule has 15 heavy (non-hydrogen) atoms. The Labute approximate surface area is 110 Å². The van der Waals surface area contributed by atoms with Gasteiger partial charge in [0.2, 0.25) is 0 Å². The molecule has 0 amide bonds. The quantitative estimate of drug-likeness (QED) is 0.828. The van der Waals surface area contributed by atoms with Crippen molar-refractivity contribution in [3.8, 4) is 0 Å². The van der Waals surface area contributed by atoms with Gasteiger partial charge in [-0.15, -0.1) is 12.4 Å². The van der Waals surface area contributed by atoms with Gasteiger partial charge in [-0.25, -0.2) is 4.39 Å². The second-order valence-electron chi connectivity index (χ2n) is 3.58. The van der Waals surface area contributed by atoms with Crippen molar-refractivity contribution in [2.45, 2.75) is 26.3 Å². The zero-order valence-corrected chi connectivity index (χ0v) is 11.8. The lowest BCUT2D eigenvalue weighted by Crippen LogP contribution is -2.19. The first kappa shape index (κ1) is 15.1. The Morgan fingerprint density at radius 1 is 1.47 bits per heavy atom. The van der Waals surface area contributed by atoms with Crippen LogP contribution in [-0.4, -0.2) is 0 Å². The second-order valence-corrected chi connectivity index (χ2v) is 4.82. The second kappa shape index (κ2) is 6.66. The lowest BCUT2D eigenvalue weighted by Gasteiger charge is -2.19. The molecule has 0 saturated carbocycles. The van der Waals surface area contributed by atoms with E-state index >= 15 is 0 Å². The molecule has 0 aromatic heterocycles. The van der Waals surface area contributed by atoms with Crippen molar-refractivity contribution in [3.05, 3.63) is 33.1 Å². The molecule has 0 aliphatic carbocycles. The summed E-state index contributed by atoms with van der Waals surface area (Å²) in [7, 11) is 0. The predicted octanol–water partition coefficient (Wildman–Crippen LogP) is 3.90. The molecule has 1 rings (SSSR count). The van der Waals surface area contributed by atoms with Gasteiger partial charge < -0.3 is 5.73 Å². The summed E-state index contributed by atoms with van der Waals surface area (Å²) >= 11 is 2.17. The van der Waals surface area contributed by atoms with E-state index in [0.717, 1.165) is 9.99 Å².